The van der Waals surface area contributed by atoms with E-state index in [0.29, 0.717) is 18.0 Å². The number of hydrogen-bond donors (Lipinski definition) is 1. The van der Waals surface area contributed by atoms with E-state index in [4.69, 9.17) is 4.74 Å². The van der Waals surface area contributed by atoms with Crippen molar-refractivity contribution in [3.63, 3.8) is 0 Å². The average molecular weight is 250 g/mol. The Kier molecular flexibility index (Phi) is 4.06. The fourth-order valence-electron chi connectivity index (χ4n) is 1.53. The maximum atomic E-state index is 10.00. The van der Waals surface area contributed by atoms with Gasteiger partial charge in [-0.2, -0.15) is 11.3 Å². The van der Waals surface area contributed by atoms with Crippen molar-refractivity contribution in [2.75, 3.05) is 7.11 Å². The van der Waals surface area contributed by atoms with Gasteiger partial charge in [-0.15, -0.1) is 0 Å². The van der Waals surface area contributed by atoms with E-state index >= 15 is 0 Å². The molecule has 0 bridgehead atoms. The van der Waals surface area contributed by atoms with Gasteiger partial charge in [0.2, 0.25) is 5.88 Å². The highest BCUT2D eigenvalue weighted by molar-refractivity contribution is 7.07. The molecule has 2 aromatic heterocycles. The van der Waals surface area contributed by atoms with Crippen LogP contribution in [0.15, 0.2) is 29.2 Å². The molecule has 0 radical (unpaired) electrons. The standard InChI is InChI=1S/C12H14N2O2S/c1-16-12-6-10(13-8-14-12)11(15)3-2-9-4-5-17-7-9/h4-8,11,15H,2-3H2,1H3. The minimum atomic E-state index is -0.577. The van der Waals surface area contributed by atoms with E-state index in [1.54, 1.807) is 24.5 Å². The fraction of sp³-hybridized carbons (Fsp3) is 0.333. The first-order chi connectivity index (χ1) is 8.29. The molecule has 0 amide bonds. The largest absolute Gasteiger partial charge is 0.481 e. The topological polar surface area (TPSA) is 55.2 Å². The minimum absolute atomic E-state index is 0.476. The van der Waals surface area contributed by atoms with Crippen molar-refractivity contribution >= 4 is 11.3 Å². The highest BCUT2D eigenvalue weighted by Gasteiger charge is 2.10. The number of aromatic nitrogens is 2. The molecule has 17 heavy (non-hydrogen) atoms. The lowest BCUT2D eigenvalue weighted by molar-refractivity contribution is 0.162. The van der Waals surface area contributed by atoms with Gasteiger partial charge in [-0.05, 0) is 35.2 Å². The number of ether oxygens (including phenoxy) is 1. The molecule has 1 unspecified atom stereocenters. The summed E-state index contributed by atoms with van der Waals surface area (Å²) in [4.78, 5) is 7.96. The van der Waals surface area contributed by atoms with E-state index < -0.39 is 6.10 Å². The van der Waals surface area contributed by atoms with E-state index in [1.165, 1.54) is 11.9 Å². The zero-order valence-corrected chi connectivity index (χ0v) is 10.4. The molecule has 5 heteroatoms. The molecule has 2 aromatic rings. The third kappa shape index (κ3) is 3.25. The SMILES string of the molecule is COc1cc(C(O)CCc2ccsc2)ncn1. The first-order valence-corrected chi connectivity index (χ1v) is 6.29. The van der Waals surface area contributed by atoms with E-state index in [-0.39, 0.29) is 0 Å². The third-order valence-electron chi connectivity index (χ3n) is 2.50. The summed E-state index contributed by atoms with van der Waals surface area (Å²) in [7, 11) is 1.55. The molecular weight excluding hydrogens is 236 g/mol. The van der Waals surface area contributed by atoms with Crippen LogP contribution in [0.1, 0.15) is 23.8 Å². The Labute approximate surface area is 104 Å². The van der Waals surface area contributed by atoms with E-state index in [0.717, 1.165) is 6.42 Å². The van der Waals surface area contributed by atoms with Crippen molar-refractivity contribution < 1.29 is 9.84 Å². The quantitative estimate of drug-likeness (QED) is 0.884. The molecule has 2 heterocycles. The Morgan fingerprint density at radius 3 is 3.06 bits per heavy atom. The minimum Gasteiger partial charge on any atom is -0.481 e. The van der Waals surface area contributed by atoms with E-state index in [2.05, 4.69) is 21.4 Å². The summed E-state index contributed by atoms with van der Waals surface area (Å²) in [5.74, 6) is 0.476. The first kappa shape index (κ1) is 12.0. The van der Waals surface area contributed by atoms with Gasteiger partial charge in [-0.3, -0.25) is 0 Å². The number of aliphatic hydroxyl groups excluding tert-OH is 1. The highest BCUT2D eigenvalue weighted by Crippen LogP contribution is 2.20. The summed E-state index contributed by atoms with van der Waals surface area (Å²) in [5, 5.41) is 14.1. The van der Waals surface area contributed by atoms with Crippen LogP contribution in [0.25, 0.3) is 0 Å². The van der Waals surface area contributed by atoms with Crippen LogP contribution in [0.5, 0.6) is 5.88 Å². The Bertz CT molecular complexity index is 459. The van der Waals surface area contributed by atoms with Crippen LogP contribution in [0.4, 0.5) is 0 Å². The molecule has 0 aromatic carbocycles. The van der Waals surface area contributed by atoms with Gasteiger partial charge in [-0.1, -0.05) is 0 Å². The molecule has 0 aliphatic rings. The Morgan fingerprint density at radius 1 is 1.47 bits per heavy atom. The predicted octanol–water partition coefficient (Wildman–Crippen LogP) is 2.21. The van der Waals surface area contributed by atoms with Crippen molar-refractivity contribution in [3.05, 3.63) is 40.5 Å². The Balaban J connectivity index is 1.96. The Hall–Kier alpha value is -1.46. The highest BCUT2D eigenvalue weighted by atomic mass is 32.1. The second kappa shape index (κ2) is 5.75. The van der Waals surface area contributed by atoms with Crippen molar-refractivity contribution in [2.24, 2.45) is 0 Å². The first-order valence-electron chi connectivity index (χ1n) is 5.34. The van der Waals surface area contributed by atoms with Crippen LogP contribution in [0.3, 0.4) is 0 Å². The lowest BCUT2D eigenvalue weighted by Crippen LogP contribution is -2.03. The van der Waals surface area contributed by atoms with Crippen LogP contribution in [-0.4, -0.2) is 22.2 Å². The second-order valence-electron chi connectivity index (χ2n) is 3.67. The van der Waals surface area contributed by atoms with Crippen molar-refractivity contribution in [2.45, 2.75) is 18.9 Å². The predicted molar refractivity (Wildman–Crippen MR) is 66.2 cm³/mol. The van der Waals surface area contributed by atoms with Crippen molar-refractivity contribution in [3.8, 4) is 5.88 Å². The molecule has 4 nitrogen and oxygen atoms in total. The van der Waals surface area contributed by atoms with Gasteiger partial charge in [0.05, 0.1) is 18.9 Å². The number of thiophene rings is 1. The molecule has 2 rings (SSSR count). The van der Waals surface area contributed by atoms with E-state index in [9.17, 15) is 5.11 Å². The number of hydrogen-bond acceptors (Lipinski definition) is 5. The summed E-state index contributed by atoms with van der Waals surface area (Å²) in [6.07, 6.45) is 2.32. The Morgan fingerprint density at radius 2 is 2.35 bits per heavy atom. The normalized spacial score (nSPS) is 12.4. The van der Waals surface area contributed by atoms with Gasteiger partial charge in [0.1, 0.15) is 6.33 Å². The van der Waals surface area contributed by atoms with Crippen LogP contribution >= 0.6 is 11.3 Å². The lowest BCUT2D eigenvalue weighted by atomic mass is 10.1. The smallest absolute Gasteiger partial charge is 0.216 e. The third-order valence-corrected chi connectivity index (χ3v) is 3.23. The number of nitrogens with zero attached hydrogens (tertiary/aromatic N) is 2. The molecule has 0 aliphatic carbocycles. The number of methoxy groups -OCH3 is 1. The summed E-state index contributed by atoms with van der Waals surface area (Å²) < 4.78 is 4.99. The summed E-state index contributed by atoms with van der Waals surface area (Å²) in [5.41, 5.74) is 1.85. The van der Waals surface area contributed by atoms with Gasteiger partial charge in [0.15, 0.2) is 0 Å². The molecule has 0 saturated carbocycles. The second-order valence-corrected chi connectivity index (χ2v) is 4.45. The van der Waals surface area contributed by atoms with Crippen molar-refractivity contribution in [1.29, 1.82) is 0 Å². The molecule has 1 atom stereocenters. The van der Waals surface area contributed by atoms with Crippen LogP contribution < -0.4 is 4.74 Å². The van der Waals surface area contributed by atoms with Gasteiger partial charge < -0.3 is 9.84 Å². The van der Waals surface area contributed by atoms with Gasteiger partial charge in [0, 0.05) is 6.07 Å². The number of rotatable bonds is 5. The molecule has 0 aliphatic heterocycles. The van der Waals surface area contributed by atoms with Crippen LogP contribution in [0.2, 0.25) is 0 Å². The van der Waals surface area contributed by atoms with Crippen molar-refractivity contribution in [1.82, 2.24) is 9.97 Å². The fourth-order valence-corrected chi connectivity index (χ4v) is 2.24. The van der Waals surface area contributed by atoms with Crippen LogP contribution in [-0.2, 0) is 6.42 Å². The zero-order chi connectivity index (χ0) is 12.1. The lowest BCUT2D eigenvalue weighted by Gasteiger charge is -2.09. The number of aliphatic hydroxyl groups is 1. The van der Waals surface area contributed by atoms with Gasteiger partial charge in [-0.25, -0.2) is 9.97 Å². The maximum Gasteiger partial charge on any atom is 0.216 e. The van der Waals surface area contributed by atoms with Crippen LogP contribution in [0, 0.1) is 0 Å². The number of aryl methyl sites for hydroxylation is 1. The molecule has 90 valence electrons. The summed E-state index contributed by atoms with van der Waals surface area (Å²) >= 11 is 1.67. The average Bonchev–Trinajstić information content (AvgIpc) is 2.89. The summed E-state index contributed by atoms with van der Waals surface area (Å²) in [6, 6.07) is 3.73. The summed E-state index contributed by atoms with van der Waals surface area (Å²) in [6.45, 7) is 0. The molecule has 1 N–H and O–H groups in total. The van der Waals surface area contributed by atoms with E-state index in [1.807, 2.05) is 5.38 Å². The van der Waals surface area contributed by atoms with Gasteiger partial charge >= 0.3 is 0 Å². The molecule has 0 saturated heterocycles. The monoisotopic (exact) mass is 250 g/mol. The maximum absolute atomic E-state index is 10.00. The molecular formula is C12H14N2O2S. The molecule has 0 spiro atoms. The zero-order valence-electron chi connectivity index (χ0n) is 9.54. The molecule has 0 fully saturated rings. The van der Waals surface area contributed by atoms with Gasteiger partial charge in [0.25, 0.3) is 0 Å².